The number of carbonyl (C=O) groups excluding carboxylic acids is 2. The number of benzene rings is 1. The van der Waals surface area contributed by atoms with Crippen LogP contribution in [-0.2, 0) is 23.2 Å². The molecular weight excluding hydrogens is 378 g/mol. The van der Waals surface area contributed by atoms with E-state index in [-0.39, 0.29) is 36.1 Å². The number of aromatic nitrogens is 2. The number of hydrogen-bond donors (Lipinski definition) is 2. The van der Waals surface area contributed by atoms with Crippen molar-refractivity contribution in [2.75, 3.05) is 25.0 Å². The van der Waals surface area contributed by atoms with E-state index in [9.17, 15) is 9.59 Å². The Balaban J connectivity index is 0.00000280. The molecule has 152 valence electrons. The molecule has 0 aliphatic carbocycles. The first-order valence-corrected chi connectivity index (χ1v) is 9.33. The topological polar surface area (TPSA) is 79.3 Å². The van der Waals surface area contributed by atoms with Gasteiger partial charge in [-0.1, -0.05) is 18.2 Å². The molecule has 0 spiro atoms. The molecule has 2 aromatic rings. The number of para-hydroxylation sites is 1. The van der Waals surface area contributed by atoms with Crippen molar-refractivity contribution in [1.29, 1.82) is 0 Å². The van der Waals surface area contributed by atoms with Gasteiger partial charge in [0.1, 0.15) is 0 Å². The van der Waals surface area contributed by atoms with Crippen molar-refractivity contribution in [1.82, 2.24) is 20.0 Å². The van der Waals surface area contributed by atoms with Crippen molar-refractivity contribution in [3.63, 3.8) is 0 Å². The normalized spacial score (nSPS) is 18.4. The molecular formula is C20H28ClN5O2. The summed E-state index contributed by atoms with van der Waals surface area (Å²) < 4.78 is 1.76. The first kappa shape index (κ1) is 21.9. The molecule has 3 rings (SSSR count). The van der Waals surface area contributed by atoms with Crippen molar-refractivity contribution in [2.45, 2.75) is 26.3 Å². The minimum Gasteiger partial charge on any atom is -0.339 e. The van der Waals surface area contributed by atoms with Crippen LogP contribution in [0, 0.1) is 5.92 Å². The number of nitrogens with zero attached hydrogens (tertiary/aromatic N) is 3. The van der Waals surface area contributed by atoms with Crippen molar-refractivity contribution in [3.05, 3.63) is 47.8 Å². The van der Waals surface area contributed by atoms with Gasteiger partial charge in [0.25, 0.3) is 0 Å². The third-order valence-corrected chi connectivity index (χ3v) is 5.17. The van der Waals surface area contributed by atoms with Gasteiger partial charge in [-0.05, 0) is 24.1 Å². The Kier molecular flexibility index (Phi) is 7.60. The first-order valence-electron chi connectivity index (χ1n) is 9.33. The predicted molar refractivity (Wildman–Crippen MR) is 111 cm³/mol. The number of nitrogens with one attached hydrogen (secondary N) is 2. The van der Waals surface area contributed by atoms with Gasteiger partial charge in [-0.25, -0.2) is 0 Å². The standard InChI is InChI=1S/C20H27N5O2.ClH/c1-4-25(14(2)26)13-15-7-5-6-8-19(15)23-20(27)18-11-21-10-17(18)16-9-22-24(3)12-16;/h5-9,12,17-18,21H,4,10-11,13H2,1-3H3,(H,23,27);1H/t17-,18+;/m1./s1. The van der Waals surface area contributed by atoms with E-state index in [0.717, 1.165) is 23.4 Å². The third kappa shape index (κ3) is 4.91. The van der Waals surface area contributed by atoms with Gasteiger partial charge in [0, 0.05) is 58.0 Å². The van der Waals surface area contributed by atoms with Gasteiger partial charge in [0.15, 0.2) is 0 Å². The lowest BCUT2D eigenvalue weighted by atomic mass is 9.90. The van der Waals surface area contributed by atoms with Crippen molar-refractivity contribution < 1.29 is 9.59 Å². The molecule has 1 aliphatic heterocycles. The fraction of sp³-hybridized carbons (Fsp3) is 0.450. The summed E-state index contributed by atoms with van der Waals surface area (Å²) in [4.78, 5) is 26.5. The molecule has 0 unspecified atom stereocenters. The Bertz CT molecular complexity index is 822. The molecule has 1 saturated heterocycles. The molecule has 0 radical (unpaired) electrons. The lowest BCUT2D eigenvalue weighted by molar-refractivity contribution is -0.129. The average molecular weight is 406 g/mol. The summed E-state index contributed by atoms with van der Waals surface area (Å²) in [6.07, 6.45) is 3.80. The van der Waals surface area contributed by atoms with E-state index in [4.69, 9.17) is 0 Å². The van der Waals surface area contributed by atoms with Gasteiger partial charge >= 0.3 is 0 Å². The number of rotatable bonds is 6. The summed E-state index contributed by atoms with van der Waals surface area (Å²) in [6.45, 7) is 6.03. The molecule has 7 nitrogen and oxygen atoms in total. The Morgan fingerprint density at radius 3 is 2.71 bits per heavy atom. The van der Waals surface area contributed by atoms with Gasteiger partial charge < -0.3 is 15.5 Å². The van der Waals surface area contributed by atoms with Crippen LogP contribution >= 0.6 is 12.4 Å². The summed E-state index contributed by atoms with van der Waals surface area (Å²) in [5, 5.41) is 10.6. The fourth-order valence-corrected chi connectivity index (χ4v) is 3.59. The van der Waals surface area contributed by atoms with Gasteiger partial charge in [-0.3, -0.25) is 14.3 Å². The molecule has 2 atom stereocenters. The molecule has 2 heterocycles. The number of carbonyl (C=O) groups is 2. The number of aryl methyl sites for hydroxylation is 1. The molecule has 2 amide bonds. The van der Waals surface area contributed by atoms with Crippen molar-refractivity contribution in [2.24, 2.45) is 13.0 Å². The van der Waals surface area contributed by atoms with Crippen molar-refractivity contribution >= 4 is 29.9 Å². The summed E-state index contributed by atoms with van der Waals surface area (Å²) >= 11 is 0. The van der Waals surface area contributed by atoms with E-state index in [0.29, 0.717) is 19.6 Å². The maximum absolute atomic E-state index is 13.0. The van der Waals surface area contributed by atoms with Crippen LogP contribution < -0.4 is 10.6 Å². The molecule has 1 aliphatic rings. The number of anilines is 1. The molecule has 1 fully saturated rings. The minimum absolute atomic E-state index is 0. The molecule has 2 N–H and O–H groups in total. The van der Waals surface area contributed by atoms with Gasteiger partial charge in [-0.2, -0.15) is 5.10 Å². The van der Waals surface area contributed by atoms with Gasteiger partial charge in [0.05, 0.1) is 12.1 Å². The number of hydrogen-bond acceptors (Lipinski definition) is 4. The van der Waals surface area contributed by atoms with Crippen LogP contribution in [0.25, 0.3) is 0 Å². The van der Waals surface area contributed by atoms with E-state index in [2.05, 4.69) is 15.7 Å². The van der Waals surface area contributed by atoms with Crippen LogP contribution in [0.1, 0.15) is 30.9 Å². The number of halogens is 1. The highest BCUT2D eigenvalue weighted by Gasteiger charge is 2.35. The lowest BCUT2D eigenvalue weighted by Crippen LogP contribution is -2.30. The maximum Gasteiger partial charge on any atom is 0.229 e. The van der Waals surface area contributed by atoms with Crippen LogP contribution in [0.2, 0.25) is 0 Å². The van der Waals surface area contributed by atoms with Crippen LogP contribution in [0.15, 0.2) is 36.7 Å². The highest BCUT2D eigenvalue weighted by molar-refractivity contribution is 5.94. The number of amides is 2. The van der Waals surface area contributed by atoms with Gasteiger partial charge in [-0.15, -0.1) is 12.4 Å². The smallest absolute Gasteiger partial charge is 0.229 e. The fourth-order valence-electron chi connectivity index (χ4n) is 3.59. The molecule has 0 saturated carbocycles. The largest absolute Gasteiger partial charge is 0.339 e. The summed E-state index contributed by atoms with van der Waals surface area (Å²) in [6, 6.07) is 7.67. The molecule has 1 aromatic heterocycles. The zero-order chi connectivity index (χ0) is 19.4. The van der Waals surface area contributed by atoms with Crippen molar-refractivity contribution in [3.8, 4) is 0 Å². The molecule has 1 aromatic carbocycles. The highest BCUT2D eigenvalue weighted by Crippen LogP contribution is 2.29. The van der Waals surface area contributed by atoms with E-state index < -0.39 is 0 Å². The Morgan fingerprint density at radius 1 is 1.32 bits per heavy atom. The van der Waals surface area contributed by atoms with E-state index in [1.165, 1.54) is 0 Å². The molecule has 0 bridgehead atoms. The third-order valence-electron chi connectivity index (χ3n) is 5.17. The maximum atomic E-state index is 13.0. The molecule has 8 heteroatoms. The Hall–Kier alpha value is -2.38. The summed E-state index contributed by atoms with van der Waals surface area (Å²) in [7, 11) is 1.88. The Labute approximate surface area is 171 Å². The second-order valence-electron chi connectivity index (χ2n) is 7.00. The summed E-state index contributed by atoms with van der Waals surface area (Å²) in [5.41, 5.74) is 2.77. The predicted octanol–water partition coefficient (Wildman–Crippen LogP) is 2.15. The minimum atomic E-state index is -0.155. The first-order chi connectivity index (χ1) is 13.0. The summed E-state index contributed by atoms with van der Waals surface area (Å²) in [5.74, 6) is -0.0324. The van der Waals surface area contributed by atoms with Crippen LogP contribution in [0.4, 0.5) is 5.69 Å². The highest BCUT2D eigenvalue weighted by atomic mass is 35.5. The van der Waals surface area contributed by atoms with Gasteiger partial charge in [0.2, 0.25) is 11.8 Å². The molecule has 28 heavy (non-hydrogen) atoms. The SMILES string of the molecule is CCN(Cc1ccccc1NC(=O)[C@H]1CNC[C@@H]1c1cnn(C)c1)C(C)=O.Cl. The monoisotopic (exact) mass is 405 g/mol. The zero-order valence-corrected chi connectivity index (χ0v) is 17.3. The second kappa shape index (κ2) is 9.71. The van der Waals surface area contributed by atoms with Crippen LogP contribution in [0.3, 0.4) is 0 Å². The van der Waals surface area contributed by atoms with E-state index in [1.54, 1.807) is 16.5 Å². The van der Waals surface area contributed by atoms with Crippen LogP contribution in [-0.4, -0.2) is 46.1 Å². The van der Waals surface area contributed by atoms with E-state index >= 15 is 0 Å². The average Bonchev–Trinajstić information content (AvgIpc) is 3.29. The quantitative estimate of drug-likeness (QED) is 0.771. The second-order valence-corrected chi connectivity index (χ2v) is 7.00. The lowest BCUT2D eigenvalue weighted by Gasteiger charge is -2.22. The Morgan fingerprint density at radius 2 is 2.07 bits per heavy atom. The zero-order valence-electron chi connectivity index (χ0n) is 16.5. The van der Waals surface area contributed by atoms with Crippen LogP contribution in [0.5, 0.6) is 0 Å². The van der Waals surface area contributed by atoms with E-state index in [1.807, 2.05) is 50.6 Å².